The fourth-order valence-electron chi connectivity index (χ4n) is 0.984. The summed E-state index contributed by atoms with van der Waals surface area (Å²) >= 11 is 0. The first-order valence-corrected chi connectivity index (χ1v) is 6.03. The monoisotopic (exact) mass is 223 g/mol. The third-order valence-electron chi connectivity index (χ3n) is 1.88. The summed E-state index contributed by atoms with van der Waals surface area (Å²) in [6, 6.07) is 0. The minimum absolute atomic E-state index is 0.0480. The maximum Gasteiger partial charge on any atom is 0.304 e. The molecule has 1 N–H and O–H groups in total. The van der Waals surface area contributed by atoms with E-state index in [1.54, 1.807) is 20.8 Å². The molecule has 0 heterocycles. The lowest BCUT2D eigenvalue weighted by Crippen LogP contribution is -2.37. The van der Waals surface area contributed by atoms with Crippen molar-refractivity contribution >= 4 is 16.0 Å². The SMILES string of the molecule is CCN(CCC(=O)O)S(=O)(=O)C(C)C. The van der Waals surface area contributed by atoms with Gasteiger partial charge in [-0.25, -0.2) is 12.7 Å². The van der Waals surface area contributed by atoms with Gasteiger partial charge >= 0.3 is 5.97 Å². The van der Waals surface area contributed by atoms with E-state index in [1.165, 1.54) is 4.31 Å². The third-order valence-corrected chi connectivity index (χ3v) is 4.24. The van der Waals surface area contributed by atoms with Crippen LogP contribution in [-0.2, 0) is 14.8 Å². The lowest BCUT2D eigenvalue weighted by atomic mass is 10.4. The normalized spacial score (nSPS) is 12.4. The minimum atomic E-state index is -3.31. The van der Waals surface area contributed by atoms with Gasteiger partial charge in [-0.05, 0) is 13.8 Å². The van der Waals surface area contributed by atoms with Gasteiger partial charge < -0.3 is 5.11 Å². The van der Waals surface area contributed by atoms with Crippen molar-refractivity contribution in [3.05, 3.63) is 0 Å². The van der Waals surface area contributed by atoms with Gasteiger partial charge in [0.2, 0.25) is 10.0 Å². The molecular weight excluding hydrogens is 206 g/mol. The zero-order chi connectivity index (χ0) is 11.4. The van der Waals surface area contributed by atoms with Crippen LogP contribution in [0.3, 0.4) is 0 Å². The van der Waals surface area contributed by atoms with Crippen molar-refractivity contribution in [1.82, 2.24) is 4.31 Å². The molecule has 0 aliphatic carbocycles. The first-order valence-electron chi connectivity index (χ1n) is 4.53. The van der Waals surface area contributed by atoms with E-state index < -0.39 is 21.2 Å². The van der Waals surface area contributed by atoms with E-state index in [2.05, 4.69) is 0 Å². The number of rotatable bonds is 6. The second-order valence-corrected chi connectivity index (χ2v) is 5.72. The fourth-order valence-corrected chi connectivity index (χ4v) is 2.29. The van der Waals surface area contributed by atoms with E-state index in [4.69, 9.17) is 5.11 Å². The number of aliphatic carboxylic acids is 1. The van der Waals surface area contributed by atoms with E-state index in [-0.39, 0.29) is 13.0 Å². The van der Waals surface area contributed by atoms with E-state index in [9.17, 15) is 13.2 Å². The van der Waals surface area contributed by atoms with Crippen molar-refractivity contribution in [1.29, 1.82) is 0 Å². The average molecular weight is 223 g/mol. The highest BCUT2D eigenvalue weighted by Gasteiger charge is 2.24. The molecule has 0 saturated heterocycles. The van der Waals surface area contributed by atoms with Crippen molar-refractivity contribution < 1.29 is 18.3 Å². The first kappa shape index (κ1) is 13.4. The van der Waals surface area contributed by atoms with Gasteiger partial charge in [-0.2, -0.15) is 0 Å². The number of carbonyl (C=O) groups is 1. The molecule has 0 aromatic rings. The lowest BCUT2D eigenvalue weighted by molar-refractivity contribution is -0.137. The Balaban J connectivity index is 4.49. The van der Waals surface area contributed by atoms with Gasteiger partial charge in [-0.1, -0.05) is 6.92 Å². The summed E-state index contributed by atoms with van der Waals surface area (Å²) in [4.78, 5) is 10.3. The molecule has 0 rings (SSSR count). The number of sulfonamides is 1. The Labute approximate surface area is 84.8 Å². The quantitative estimate of drug-likeness (QED) is 0.712. The molecule has 0 spiro atoms. The van der Waals surface area contributed by atoms with Crippen molar-refractivity contribution in [2.24, 2.45) is 0 Å². The van der Waals surface area contributed by atoms with Gasteiger partial charge in [-0.3, -0.25) is 4.79 Å². The van der Waals surface area contributed by atoms with Crippen LogP contribution >= 0.6 is 0 Å². The van der Waals surface area contributed by atoms with Crippen molar-refractivity contribution in [2.75, 3.05) is 13.1 Å². The zero-order valence-electron chi connectivity index (χ0n) is 8.73. The number of carboxylic acid groups (broad SMARTS) is 1. The van der Waals surface area contributed by atoms with Crippen LogP contribution in [-0.4, -0.2) is 42.1 Å². The Hall–Kier alpha value is -0.620. The molecule has 0 saturated carbocycles. The van der Waals surface area contributed by atoms with Crippen molar-refractivity contribution in [3.63, 3.8) is 0 Å². The highest BCUT2D eigenvalue weighted by molar-refractivity contribution is 7.89. The van der Waals surface area contributed by atoms with Crippen molar-refractivity contribution in [2.45, 2.75) is 32.4 Å². The van der Waals surface area contributed by atoms with Crippen LogP contribution in [0.4, 0.5) is 0 Å². The molecule has 0 fully saturated rings. The van der Waals surface area contributed by atoms with Gasteiger partial charge in [0.25, 0.3) is 0 Å². The summed E-state index contributed by atoms with van der Waals surface area (Å²) in [6.07, 6.45) is -0.153. The van der Waals surface area contributed by atoms with Crippen LogP contribution in [0.1, 0.15) is 27.2 Å². The van der Waals surface area contributed by atoms with Crippen molar-refractivity contribution in [3.8, 4) is 0 Å². The molecule has 0 aromatic carbocycles. The highest BCUT2D eigenvalue weighted by atomic mass is 32.2. The minimum Gasteiger partial charge on any atom is -0.481 e. The van der Waals surface area contributed by atoms with Gasteiger partial charge in [0, 0.05) is 13.1 Å². The second-order valence-electron chi connectivity index (χ2n) is 3.23. The van der Waals surface area contributed by atoms with Crippen LogP contribution < -0.4 is 0 Å². The van der Waals surface area contributed by atoms with E-state index in [0.717, 1.165) is 0 Å². The Kier molecular flexibility index (Phi) is 5.07. The molecule has 84 valence electrons. The standard InChI is InChI=1S/C8H17NO4S/c1-4-9(6-5-8(10)11)14(12,13)7(2)3/h7H,4-6H2,1-3H3,(H,10,11). The summed E-state index contributed by atoms with van der Waals surface area (Å²) in [5.41, 5.74) is 0. The summed E-state index contributed by atoms with van der Waals surface area (Å²) in [5.74, 6) is -0.984. The second kappa shape index (κ2) is 5.31. The topological polar surface area (TPSA) is 74.7 Å². The Morgan fingerprint density at radius 3 is 2.21 bits per heavy atom. The van der Waals surface area contributed by atoms with E-state index in [0.29, 0.717) is 6.54 Å². The molecule has 0 unspecified atom stereocenters. The first-order chi connectivity index (χ1) is 6.32. The summed E-state index contributed by atoms with van der Waals surface area (Å²) < 4.78 is 24.4. The highest BCUT2D eigenvalue weighted by Crippen LogP contribution is 2.08. The Morgan fingerprint density at radius 2 is 1.93 bits per heavy atom. The van der Waals surface area contributed by atoms with Crippen LogP contribution in [0.2, 0.25) is 0 Å². The number of nitrogens with zero attached hydrogens (tertiary/aromatic N) is 1. The molecule has 6 heteroatoms. The average Bonchev–Trinajstić information content (AvgIpc) is 2.04. The van der Waals surface area contributed by atoms with E-state index >= 15 is 0 Å². The summed E-state index contributed by atoms with van der Waals surface area (Å²) in [7, 11) is -3.31. The predicted octanol–water partition coefficient (Wildman–Crippen LogP) is 0.521. The molecule has 0 aliphatic rings. The zero-order valence-corrected chi connectivity index (χ0v) is 9.54. The molecule has 0 amide bonds. The Bertz CT molecular complexity index is 284. The number of carboxylic acids is 1. The fraction of sp³-hybridized carbons (Fsp3) is 0.875. The molecule has 5 nitrogen and oxygen atoms in total. The van der Waals surface area contributed by atoms with Gasteiger partial charge in [0.15, 0.2) is 0 Å². The molecule has 0 bridgehead atoms. The largest absolute Gasteiger partial charge is 0.481 e. The maximum atomic E-state index is 11.6. The molecule has 14 heavy (non-hydrogen) atoms. The molecule has 0 aliphatic heterocycles. The van der Waals surface area contributed by atoms with Gasteiger partial charge in [-0.15, -0.1) is 0 Å². The summed E-state index contributed by atoms with van der Waals surface area (Å²) in [5, 5.41) is 7.94. The smallest absolute Gasteiger partial charge is 0.304 e. The predicted molar refractivity (Wildman–Crippen MR) is 53.6 cm³/mol. The van der Waals surface area contributed by atoms with E-state index in [1.807, 2.05) is 0 Å². The lowest BCUT2D eigenvalue weighted by Gasteiger charge is -2.21. The van der Waals surface area contributed by atoms with Crippen LogP contribution in [0.25, 0.3) is 0 Å². The van der Waals surface area contributed by atoms with Gasteiger partial charge in [0.05, 0.1) is 11.7 Å². The molecular formula is C8H17NO4S. The Morgan fingerprint density at radius 1 is 1.43 bits per heavy atom. The molecule has 0 atom stereocenters. The summed E-state index contributed by atoms with van der Waals surface area (Å²) in [6.45, 7) is 5.22. The molecule has 0 aromatic heterocycles. The van der Waals surface area contributed by atoms with Crippen LogP contribution in [0, 0.1) is 0 Å². The van der Waals surface area contributed by atoms with Gasteiger partial charge in [0.1, 0.15) is 0 Å². The maximum absolute atomic E-state index is 11.6. The number of hydrogen-bond acceptors (Lipinski definition) is 3. The molecule has 0 radical (unpaired) electrons. The number of hydrogen-bond donors (Lipinski definition) is 1. The van der Waals surface area contributed by atoms with Crippen LogP contribution in [0.15, 0.2) is 0 Å². The third kappa shape index (κ3) is 3.63. The van der Waals surface area contributed by atoms with Crippen LogP contribution in [0.5, 0.6) is 0 Å².